The molecule has 0 spiro atoms. The number of esters is 1. The summed E-state index contributed by atoms with van der Waals surface area (Å²) >= 11 is 0. The summed E-state index contributed by atoms with van der Waals surface area (Å²) < 4.78 is 5.01. The highest BCUT2D eigenvalue weighted by Gasteiger charge is 2.10. The first-order valence-corrected chi connectivity index (χ1v) is 6.09. The van der Waals surface area contributed by atoms with Crippen LogP contribution in [0.5, 0.6) is 0 Å². The van der Waals surface area contributed by atoms with Crippen LogP contribution in [0, 0.1) is 20.8 Å². The van der Waals surface area contributed by atoms with Crippen molar-refractivity contribution in [3.05, 3.63) is 40.6 Å². The van der Waals surface area contributed by atoms with Crippen LogP contribution in [0.15, 0.2) is 18.2 Å². The second-order valence-corrected chi connectivity index (χ2v) is 4.40. The van der Waals surface area contributed by atoms with E-state index < -0.39 is 0 Å². The molecule has 0 amide bonds. The molecule has 3 heteroatoms. The van der Waals surface area contributed by atoms with Crippen molar-refractivity contribution in [2.24, 2.45) is 0 Å². The summed E-state index contributed by atoms with van der Waals surface area (Å²) in [6.45, 7) is 8.30. The van der Waals surface area contributed by atoms with Crippen molar-refractivity contribution in [3.8, 4) is 0 Å². The van der Waals surface area contributed by atoms with E-state index in [9.17, 15) is 4.79 Å². The Bertz CT molecular complexity index is 617. The lowest BCUT2D eigenvalue weighted by Gasteiger charge is -2.10. The van der Waals surface area contributed by atoms with Gasteiger partial charge in [-0.3, -0.25) is 4.98 Å². The van der Waals surface area contributed by atoms with E-state index in [1.165, 1.54) is 11.1 Å². The number of rotatable bonds is 2. The molecule has 0 fully saturated rings. The first kappa shape index (κ1) is 12.6. The topological polar surface area (TPSA) is 39.2 Å². The van der Waals surface area contributed by atoms with Gasteiger partial charge in [-0.1, -0.05) is 0 Å². The zero-order valence-corrected chi connectivity index (χ0v) is 11.2. The molecule has 2 aromatic rings. The van der Waals surface area contributed by atoms with Crippen LogP contribution < -0.4 is 0 Å². The van der Waals surface area contributed by atoms with Crippen molar-refractivity contribution in [1.29, 1.82) is 0 Å². The molecule has 2 rings (SSSR count). The number of nitrogens with zero attached hydrogens (tertiary/aromatic N) is 1. The van der Waals surface area contributed by atoms with Gasteiger partial charge in [0.1, 0.15) is 0 Å². The van der Waals surface area contributed by atoms with Crippen molar-refractivity contribution in [3.63, 3.8) is 0 Å². The van der Waals surface area contributed by atoms with Crippen LogP contribution in [0.3, 0.4) is 0 Å². The second kappa shape index (κ2) is 4.77. The van der Waals surface area contributed by atoms with Gasteiger partial charge in [0.2, 0.25) is 0 Å². The van der Waals surface area contributed by atoms with Crippen LogP contribution in [-0.4, -0.2) is 17.6 Å². The molecule has 3 nitrogen and oxygen atoms in total. The molecule has 0 aliphatic rings. The van der Waals surface area contributed by atoms with Crippen molar-refractivity contribution in [2.75, 3.05) is 6.61 Å². The Morgan fingerprint density at radius 3 is 2.61 bits per heavy atom. The number of ether oxygens (including phenoxy) is 1. The standard InChI is InChI=1S/C15H17NO2/c1-5-18-15(17)12-6-7-14-13(8-12)10(3)9(2)11(4)16-14/h6-8H,5H2,1-4H3. The molecule has 0 saturated heterocycles. The number of carbonyl (C=O) groups excluding carboxylic acids is 1. The molecule has 0 radical (unpaired) electrons. The fourth-order valence-corrected chi connectivity index (χ4v) is 2.01. The monoisotopic (exact) mass is 243 g/mol. The van der Waals surface area contributed by atoms with E-state index in [0.717, 1.165) is 16.6 Å². The highest BCUT2D eigenvalue weighted by molar-refractivity contribution is 5.95. The molecule has 0 bridgehead atoms. The van der Waals surface area contributed by atoms with E-state index in [0.29, 0.717) is 12.2 Å². The number of aryl methyl sites for hydroxylation is 2. The van der Waals surface area contributed by atoms with Crippen LogP contribution in [0.4, 0.5) is 0 Å². The number of pyridine rings is 1. The molecule has 94 valence electrons. The maximum Gasteiger partial charge on any atom is 0.338 e. The van der Waals surface area contributed by atoms with Crippen LogP contribution >= 0.6 is 0 Å². The van der Waals surface area contributed by atoms with Crippen LogP contribution in [-0.2, 0) is 4.74 Å². The van der Waals surface area contributed by atoms with Gasteiger partial charge in [-0.2, -0.15) is 0 Å². The molecule has 0 aliphatic carbocycles. The number of benzene rings is 1. The van der Waals surface area contributed by atoms with Gasteiger partial charge in [0.15, 0.2) is 0 Å². The molecule has 0 saturated carbocycles. The number of hydrogen-bond acceptors (Lipinski definition) is 3. The Hall–Kier alpha value is -1.90. The van der Waals surface area contributed by atoms with E-state index in [-0.39, 0.29) is 5.97 Å². The normalized spacial score (nSPS) is 10.7. The molecular formula is C15H17NO2. The summed E-state index contributed by atoms with van der Waals surface area (Å²) in [5.74, 6) is -0.281. The molecule has 0 aliphatic heterocycles. The van der Waals surface area contributed by atoms with E-state index in [4.69, 9.17) is 4.74 Å². The van der Waals surface area contributed by atoms with Gasteiger partial charge in [0, 0.05) is 11.1 Å². The van der Waals surface area contributed by atoms with E-state index in [1.54, 1.807) is 13.0 Å². The highest BCUT2D eigenvalue weighted by atomic mass is 16.5. The molecule has 1 aromatic carbocycles. The fraction of sp³-hybridized carbons (Fsp3) is 0.333. The predicted molar refractivity (Wildman–Crippen MR) is 71.9 cm³/mol. The Balaban J connectivity index is 2.61. The highest BCUT2D eigenvalue weighted by Crippen LogP contribution is 2.23. The van der Waals surface area contributed by atoms with Crippen LogP contribution in [0.2, 0.25) is 0 Å². The predicted octanol–water partition coefficient (Wildman–Crippen LogP) is 3.34. The third kappa shape index (κ3) is 2.08. The van der Waals surface area contributed by atoms with Gasteiger partial charge >= 0.3 is 5.97 Å². The molecule has 1 aromatic heterocycles. The lowest BCUT2D eigenvalue weighted by molar-refractivity contribution is 0.0526. The zero-order chi connectivity index (χ0) is 13.3. The quantitative estimate of drug-likeness (QED) is 0.759. The van der Waals surface area contributed by atoms with Gasteiger partial charge in [-0.15, -0.1) is 0 Å². The minimum Gasteiger partial charge on any atom is -0.462 e. The summed E-state index contributed by atoms with van der Waals surface area (Å²) in [7, 11) is 0. The minimum atomic E-state index is -0.281. The number of hydrogen-bond donors (Lipinski definition) is 0. The lowest BCUT2D eigenvalue weighted by atomic mass is 10.0. The zero-order valence-electron chi connectivity index (χ0n) is 11.2. The fourth-order valence-electron chi connectivity index (χ4n) is 2.01. The SMILES string of the molecule is CCOC(=O)c1ccc2nc(C)c(C)c(C)c2c1. The summed E-state index contributed by atoms with van der Waals surface area (Å²) in [5.41, 5.74) is 4.87. The molecule has 0 atom stereocenters. The lowest BCUT2D eigenvalue weighted by Crippen LogP contribution is -2.05. The maximum atomic E-state index is 11.7. The number of aromatic nitrogens is 1. The largest absolute Gasteiger partial charge is 0.462 e. The van der Waals surface area contributed by atoms with E-state index in [1.807, 2.05) is 26.0 Å². The van der Waals surface area contributed by atoms with Crippen LogP contribution in [0.25, 0.3) is 10.9 Å². The molecule has 18 heavy (non-hydrogen) atoms. The van der Waals surface area contributed by atoms with Crippen molar-refractivity contribution in [1.82, 2.24) is 4.98 Å². The molecule has 1 heterocycles. The minimum absolute atomic E-state index is 0.281. The van der Waals surface area contributed by atoms with Gasteiger partial charge in [-0.25, -0.2) is 4.79 Å². The Labute approximate surface area is 107 Å². The maximum absolute atomic E-state index is 11.7. The average Bonchev–Trinajstić information content (AvgIpc) is 2.36. The summed E-state index contributed by atoms with van der Waals surface area (Å²) in [5, 5.41) is 1.02. The summed E-state index contributed by atoms with van der Waals surface area (Å²) in [6.07, 6.45) is 0. The first-order valence-electron chi connectivity index (χ1n) is 6.09. The van der Waals surface area contributed by atoms with Gasteiger partial charge < -0.3 is 4.74 Å². The van der Waals surface area contributed by atoms with E-state index >= 15 is 0 Å². The third-order valence-electron chi connectivity index (χ3n) is 3.31. The summed E-state index contributed by atoms with van der Waals surface area (Å²) in [6, 6.07) is 5.50. The third-order valence-corrected chi connectivity index (χ3v) is 3.31. The second-order valence-electron chi connectivity index (χ2n) is 4.40. The molecule has 0 unspecified atom stereocenters. The van der Waals surface area contributed by atoms with Crippen molar-refractivity contribution >= 4 is 16.9 Å². The Morgan fingerprint density at radius 2 is 1.94 bits per heavy atom. The number of fused-ring (bicyclic) bond motifs is 1. The van der Waals surface area contributed by atoms with Gasteiger partial charge in [0.25, 0.3) is 0 Å². The Kier molecular flexibility index (Phi) is 3.32. The first-order chi connectivity index (χ1) is 8.54. The molecule has 0 N–H and O–H groups in total. The van der Waals surface area contributed by atoms with E-state index in [2.05, 4.69) is 11.9 Å². The smallest absolute Gasteiger partial charge is 0.338 e. The van der Waals surface area contributed by atoms with Crippen molar-refractivity contribution in [2.45, 2.75) is 27.7 Å². The van der Waals surface area contributed by atoms with Gasteiger partial charge in [-0.05, 0) is 57.0 Å². The van der Waals surface area contributed by atoms with Crippen molar-refractivity contribution < 1.29 is 9.53 Å². The Morgan fingerprint density at radius 1 is 1.22 bits per heavy atom. The molecular weight excluding hydrogens is 226 g/mol. The number of carbonyl (C=O) groups is 1. The van der Waals surface area contributed by atoms with Gasteiger partial charge in [0.05, 0.1) is 17.7 Å². The van der Waals surface area contributed by atoms with Crippen LogP contribution in [0.1, 0.15) is 34.1 Å². The summed E-state index contributed by atoms with van der Waals surface area (Å²) in [4.78, 5) is 16.2. The average molecular weight is 243 g/mol.